The van der Waals surface area contributed by atoms with Gasteiger partial charge in [0.1, 0.15) is 5.82 Å². The van der Waals surface area contributed by atoms with Gasteiger partial charge in [-0.05, 0) is 47.3 Å². The van der Waals surface area contributed by atoms with E-state index in [0.29, 0.717) is 6.04 Å². The Bertz CT molecular complexity index is 295. The van der Waals surface area contributed by atoms with E-state index in [0.717, 1.165) is 23.1 Å². The Morgan fingerprint density at radius 2 is 2.07 bits per heavy atom. The van der Waals surface area contributed by atoms with Crippen molar-refractivity contribution in [2.24, 2.45) is 0 Å². The third kappa shape index (κ3) is 2.98. The van der Waals surface area contributed by atoms with Crippen LogP contribution in [0.2, 0.25) is 0 Å². The number of hydrogen-bond acceptors (Lipinski definition) is 2. The highest BCUT2D eigenvalue weighted by Gasteiger charge is 2.04. The van der Waals surface area contributed by atoms with Crippen LogP contribution in [0.25, 0.3) is 0 Å². The van der Waals surface area contributed by atoms with Crippen molar-refractivity contribution in [1.29, 1.82) is 0 Å². The van der Waals surface area contributed by atoms with Gasteiger partial charge in [0.25, 0.3) is 0 Å². The minimum absolute atomic E-state index is 0.531. The molecular formula is C11H17BrN2. The third-order valence-electron chi connectivity index (χ3n) is 2.38. The molecule has 0 fully saturated rings. The summed E-state index contributed by atoms with van der Waals surface area (Å²) in [7, 11) is 0. The first-order valence-corrected chi connectivity index (χ1v) is 5.85. The number of rotatable bonds is 4. The molecule has 0 unspecified atom stereocenters. The smallest absolute Gasteiger partial charge is 0.126 e. The predicted molar refractivity (Wildman–Crippen MR) is 64.7 cm³/mol. The second-order valence-corrected chi connectivity index (χ2v) is 4.33. The number of hydrogen-bond donors (Lipinski definition) is 1. The van der Waals surface area contributed by atoms with Gasteiger partial charge in [0.2, 0.25) is 0 Å². The van der Waals surface area contributed by atoms with Crippen molar-refractivity contribution in [1.82, 2.24) is 4.98 Å². The number of halogens is 1. The fourth-order valence-corrected chi connectivity index (χ4v) is 1.54. The van der Waals surface area contributed by atoms with Crippen LogP contribution in [0.15, 0.2) is 16.7 Å². The second-order valence-electron chi connectivity index (χ2n) is 3.48. The molecule has 0 aliphatic heterocycles. The van der Waals surface area contributed by atoms with Crippen LogP contribution in [-0.4, -0.2) is 11.0 Å². The molecule has 0 aliphatic carbocycles. The van der Waals surface area contributed by atoms with Gasteiger partial charge in [-0.15, -0.1) is 0 Å². The van der Waals surface area contributed by atoms with E-state index in [1.165, 1.54) is 5.56 Å². The molecule has 0 saturated heterocycles. The quantitative estimate of drug-likeness (QED) is 0.888. The number of anilines is 1. The number of pyridine rings is 1. The van der Waals surface area contributed by atoms with Crippen LogP contribution >= 0.6 is 15.9 Å². The molecule has 1 N–H and O–H groups in total. The molecule has 1 rings (SSSR count). The fraction of sp³-hybridized carbons (Fsp3) is 0.545. The SMILES string of the molecule is CCC(CC)Nc1cc(C)c(Br)cn1. The topological polar surface area (TPSA) is 24.9 Å². The van der Waals surface area contributed by atoms with Crippen LogP contribution < -0.4 is 5.32 Å². The van der Waals surface area contributed by atoms with Gasteiger partial charge in [-0.2, -0.15) is 0 Å². The molecular weight excluding hydrogens is 240 g/mol. The van der Waals surface area contributed by atoms with Crippen LogP contribution in [0.1, 0.15) is 32.3 Å². The third-order valence-corrected chi connectivity index (χ3v) is 3.21. The molecule has 1 aromatic heterocycles. The van der Waals surface area contributed by atoms with Crippen LogP contribution in [0.4, 0.5) is 5.82 Å². The van der Waals surface area contributed by atoms with Gasteiger partial charge in [0.05, 0.1) is 0 Å². The van der Waals surface area contributed by atoms with Gasteiger partial charge in [0, 0.05) is 16.7 Å². The van der Waals surface area contributed by atoms with Crippen molar-refractivity contribution in [3.05, 3.63) is 22.3 Å². The van der Waals surface area contributed by atoms with Gasteiger partial charge >= 0.3 is 0 Å². The standard InChI is InChI=1S/C11H17BrN2/c1-4-9(5-2)14-11-6-8(3)10(12)7-13-11/h6-7,9H,4-5H2,1-3H3,(H,13,14). The van der Waals surface area contributed by atoms with E-state index >= 15 is 0 Å². The summed E-state index contributed by atoms with van der Waals surface area (Å²) in [5.74, 6) is 0.972. The molecule has 0 bridgehead atoms. The van der Waals surface area contributed by atoms with Crippen molar-refractivity contribution in [3.8, 4) is 0 Å². The van der Waals surface area contributed by atoms with Crippen molar-refractivity contribution in [3.63, 3.8) is 0 Å². The number of aryl methyl sites for hydroxylation is 1. The first-order valence-electron chi connectivity index (χ1n) is 5.06. The normalized spacial score (nSPS) is 10.6. The van der Waals surface area contributed by atoms with E-state index in [9.17, 15) is 0 Å². The molecule has 1 heterocycles. The van der Waals surface area contributed by atoms with E-state index in [1.54, 1.807) is 0 Å². The highest BCUT2D eigenvalue weighted by atomic mass is 79.9. The maximum atomic E-state index is 4.32. The van der Waals surface area contributed by atoms with Crippen molar-refractivity contribution in [2.45, 2.75) is 39.7 Å². The number of nitrogens with zero attached hydrogens (tertiary/aromatic N) is 1. The monoisotopic (exact) mass is 256 g/mol. The second kappa shape index (κ2) is 5.35. The maximum Gasteiger partial charge on any atom is 0.126 e. The van der Waals surface area contributed by atoms with Crippen LogP contribution in [0.3, 0.4) is 0 Å². The Morgan fingerprint density at radius 3 is 2.57 bits per heavy atom. The average Bonchev–Trinajstić information content (AvgIpc) is 2.19. The molecule has 1 aromatic rings. The summed E-state index contributed by atoms with van der Waals surface area (Å²) in [5.41, 5.74) is 1.22. The first kappa shape index (κ1) is 11.5. The van der Waals surface area contributed by atoms with Gasteiger partial charge < -0.3 is 5.32 Å². The van der Waals surface area contributed by atoms with Gasteiger partial charge in [0.15, 0.2) is 0 Å². The molecule has 14 heavy (non-hydrogen) atoms. The minimum atomic E-state index is 0.531. The lowest BCUT2D eigenvalue weighted by Crippen LogP contribution is -2.17. The average molecular weight is 257 g/mol. The highest BCUT2D eigenvalue weighted by Crippen LogP contribution is 2.18. The first-order chi connectivity index (χ1) is 6.67. The maximum absolute atomic E-state index is 4.32. The molecule has 0 atom stereocenters. The predicted octanol–water partition coefficient (Wildman–Crippen LogP) is 3.75. The van der Waals surface area contributed by atoms with E-state index in [4.69, 9.17) is 0 Å². The molecule has 3 heteroatoms. The molecule has 0 aliphatic rings. The van der Waals surface area contributed by atoms with E-state index in [-0.39, 0.29) is 0 Å². The lowest BCUT2D eigenvalue weighted by atomic mass is 10.2. The summed E-state index contributed by atoms with van der Waals surface area (Å²) in [6, 6.07) is 2.60. The zero-order valence-electron chi connectivity index (χ0n) is 8.97. The van der Waals surface area contributed by atoms with Crippen LogP contribution in [0.5, 0.6) is 0 Å². The number of aromatic nitrogens is 1. The van der Waals surface area contributed by atoms with Crippen LogP contribution in [-0.2, 0) is 0 Å². The zero-order chi connectivity index (χ0) is 10.6. The highest BCUT2D eigenvalue weighted by molar-refractivity contribution is 9.10. The summed E-state index contributed by atoms with van der Waals surface area (Å²) >= 11 is 3.44. The molecule has 2 nitrogen and oxygen atoms in total. The summed E-state index contributed by atoms with van der Waals surface area (Å²) < 4.78 is 1.06. The van der Waals surface area contributed by atoms with Gasteiger partial charge in [-0.1, -0.05) is 13.8 Å². The zero-order valence-corrected chi connectivity index (χ0v) is 10.6. The Hall–Kier alpha value is -0.570. The van der Waals surface area contributed by atoms with Crippen molar-refractivity contribution in [2.75, 3.05) is 5.32 Å². The fourth-order valence-electron chi connectivity index (χ4n) is 1.32. The van der Waals surface area contributed by atoms with Gasteiger partial charge in [-0.3, -0.25) is 0 Å². The Labute approximate surface area is 94.3 Å². The molecule has 0 aromatic carbocycles. The lowest BCUT2D eigenvalue weighted by Gasteiger charge is -2.15. The van der Waals surface area contributed by atoms with E-state index in [2.05, 4.69) is 53.1 Å². The molecule has 0 radical (unpaired) electrons. The van der Waals surface area contributed by atoms with Gasteiger partial charge in [-0.25, -0.2) is 4.98 Å². The van der Waals surface area contributed by atoms with Crippen molar-refractivity contribution < 1.29 is 0 Å². The molecule has 0 amide bonds. The molecule has 0 saturated carbocycles. The number of nitrogens with one attached hydrogen (secondary N) is 1. The molecule has 0 spiro atoms. The summed E-state index contributed by atoms with van der Waals surface area (Å²) in [6.07, 6.45) is 4.11. The summed E-state index contributed by atoms with van der Waals surface area (Å²) in [6.45, 7) is 6.45. The minimum Gasteiger partial charge on any atom is -0.367 e. The largest absolute Gasteiger partial charge is 0.367 e. The Kier molecular flexibility index (Phi) is 4.39. The summed E-state index contributed by atoms with van der Waals surface area (Å²) in [4.78, 5) is 4.32. The Morgan fingerprint density at radius 1 is 1.43 bits per heavy atom. The van der Waals surface area contributed by atoms with E-state index < -0.39 is 0 Å². The Balaban J connectivity index is 2.72. The van der Waals surface area contributed by atoms with E-state index in [1.807, 2.05) is 6.20 Å². The van der Waals surface area contributed by atoms with Crippen molar-refractivity contribution >= 4 is 21.7 Å². The van der Waals surface area contributed by atoms with Crippen LogP contribution in [0, 0.1) is 6.92 Å². The summed E-state index contributed by atoms with van der Waals surface area (Å²) in [5, 5.41) is 3.41. The molecule has 78 valence electrons. The lowest BCUT2D eigenvalue weighted by molar-refractivity contribution is 0.668.